The van der Waals surface area contributed by atoms with Gasteiger partial charge in [-0.15, -0.1) is 0 Å². The van der Waals surface area contributed by atoms with Crippen LogP contribution in [0.4, 0.5) is 5.69 Å². The maximum absolute atomic E-state index is 12.4. The fourth-order valence-electron chi connectivity index (χ4n) is 3.79. The molecule has 1 N–H and O–H groups in total. The molecule has 0 saturated carbocycles. The number of nitrogens with zero attached hydrogens (tertiary/aromatic N) is 1. The van der Waals surface area contributed by atoms with E-state index in [0.29, 0.717) is 18.5 Å². The van der Waals surface area contributed by atoms with Crippen LogP contribution in [-0.4, -0.2) is 41.2 Å². The van der Waals surface area contributed by atoms with E-state index in [1.165, 1.54) is 6.92 Å². The number of rotatable bonds is 6. The summed E-state index contributed by atoms with van der Waals surface area (Å²) >= 11 is 0. The summed E-state index contributed by atoms with van der Waals surface area (Å²) in [6.45, 7) is 5.32. The lowest BCUT2D eigenvalue weighted by atomic mass is 9.85. The third-order valence-corrected chi connectivity index (χ3v) is 5.46. The second kappa shape index (κ2) is 8.59. The number of hydrogen-bond donors (Lipinski definition) is 1. The summed E-state index contributed by atoms with van der Waals surface area (Å²) in [5.74, 6) is -2.13. The fourth-order valence-corrected chi connectivity index (χ4v) is 3.79. The summed E-state index contributed by atoms with van der Waals surface area (Å²) in [5.41, 5.74) is 2.66. The highest BCUT2D eigenvalue weighted by Crippen LogP contribution is 2.35. The first kappa shape index (κ1) is 20.8. The number of carbonyl (C=O) groups is 4. The number of hydrogen-bond acceptors (Lipinski definition) is 5. The summed E-state index contributed by atoms with van der Waals surface area (Å²) in [5, 5.41) is 2.75. The van der Waals surface area contributed by atoms with Crippen LogP contribution in [0.3, 0.4) is 0 Å². The highest BCUT2D eigenvalue weighted by molar-refractivity contribution is 6.05. The lowest BCUT2D eigenvalue weighted by Crippen LogP contribution is -2.35. The predicted molar refractivity (Wildman–Crippen MR) is 107 cm³/mol. The lowest BCUT2D eigenvalue weighted by molar-refractivity contribution is -0.154. The first-order valence-electron chi connectivity index (χ1n) is 9.85. The molecule has 7 nitrogen and oxygen atoms in total. The average Bonchev–Trinajstić information content (AvgIpc) is 2.93. The van der Waals surface area contributed by atoms with Crippen LogP contribution in [0, 0.1) is 25.7 Å². The Bertz CT molecular complexity index is 850. The highest BCUT2D eigenvalue weighted by Gasteiger charge is 2.47. The van der Waals surface area contributed by atoms with E-state index in [-0.39, 0.29) is 36.6 Å². The summed E-state index contributed by atoms with van der Waals surface area (Å²) in [6.07, 6.45) is 3.84. The molecular formula is C22H26N2O5. The van der Waals surface area contributed by atoms with Crippen LogP contribution in [-0.2, 0) is 23.9 Å². The van der Waals surface area contributed by atoms with E-state index in [4.69, 9.17) is 4.74 Å². The Kier molecular flexibility index (Phi) is 6.15. The molecule has 1 saturated heterocycles. The Morgan fingerprint density at radius 2 is 1.76 bits per heavy atom. The average molecular weight is 398 g/mol. The molecule has 0 radical (unpaired) electrons. The smallest absolute Gasteiger partial charge is 0.308 e. The van der Waals surface area contributed by atoms with Crippen molar-refractivity contribution in [2.45, 2.75) is 46.1 Å². The van der Waals surface area contributed by atoms with Gasteiger partial charge in [0.25, 0.3) is 5.91 Å². The molecule has 154 valence electrons. The molecule has 3 atom stereocenters. The molecule has 3 rings (SSSR count). The molecule has 2 aliphatic rings. The van der Waals surface area contributed by atoms with Crippen molar-refractivity contribution in [2.24, 2.45) is 11.8 Å². The summed E-state index contributed by atoms with van der Waals surface area (Å²) in [4.78, 5) is 50.4. The van der Waals surface area contributed by atoms with E-state index in [0.717, 1.165) is 16.0 Å². The van der Waals surface area contributed by atoms with Gasteiger partial charge in [0.05, 0.1) is 18.3 Å². The summed E-state index contributed by atoms with van der Waals surface area (Å²) in [7, 11) is 0. The molecule has 0 aromatic heterocycles. The van der Waals surface area contributed by atoms with Gasteiger partial charge in [-0.05, 0) is 45.2 Å². The van der Waals surface area contributed by atoms with Crippen LogP contribution in [0.5, 0.6) is 0 Å². The quantitative estimate of drug-likeness (QED) is 0.452. The van der Waals surface area contributed by atoms with Crippen molar-refractivity contribution in [1.82, 2.24) is 4.90 Å². The van der Waals surface area contributed by atoms with Gasteiger partial charge in [-0.1, -0.05) is 29.8 Å². The minimum Gasteiger partial charge on any atom is -0.452 e. The Balaban J connectivity index is 1.49. The van der Waals surface area contributed by atoms with E-state index in [1.807, 2.05) is 38.1 Å². The number of esters is 1. The molecule has 3 amide bonds. The standard InChI is InChI=1S/C22H26N2O5/c1-13-8-9-18(14(2)12-13)23-20(26)15(3)29-19(25)10-11-24-21(27)16-6-4-5-7-17(16)22(24)28/h4-5,8-9,12,15-17H,6-7,10-11H2,1-3H3,(H,23,26)/t15-,16-,17+/m0/s1. The zero-order valence-corrected chi connectivity index (χ0v) is 16.9. The van der Waals surface area contributed by atoms with Crippen molar-refractivity contribution in [2.75, 3.05) is 11.9 Å². The Morgan fingerprint density at radius 1 is 1.14 bits per heavy atom. The van der Waals surface area contributed by atoms with Gasteiger partial charge in [0.2, 0.25) is 11.8 Å². The van der Waals surface area contributed by atoms with Crippen LogP contribution in [0.1, 0.15) is 37.3 Å². The van der Waals surface area contributed by atoms with E-state index in [9.17, 15) is 19.2 Å². The number of fused-ring (bicyclic) bond motifs is 1. The van der Waals surface area contributed by atoms with Crippen molar-refractivity contribution >= 4 is 29.4 Å². The molecule has 29 heavy (non-hydrogen) atoms. The number of nitrogens with one attached hydrogen (secondary N) is 1. The number of allylic oxidation sites excluding steroid dienone is 2. The molecule has 1 aromatic carbocycles. The van der Waals surface area contributed by atoms with Crippen LogP contribution in [0.15, 0.2) is 30.4 Å². The van der Waals surface area contributed by atoms with Crippen LogP contribution in [0.2, 0.25) is 0 Å². The van der Waals surface area contributed by atoms with Gasteiger partial charge in [0, 0.05) is 12.2 Å². The second-order valence-electron chi connectivity index (χ2n) is 7.67. The minimum absolute atomic E-state index is 0.0189. The molecule has 1 aliphatic carbocycles. The number of amides is 3. The fraction of sp³-hybridized carbons (Fsp3) is 0.455. The second-order valence-corrected chi connectivity index (χ2v) is 7.67. The number of ether oxygens (including phenoxy) is 1. The molecule has 1 fully saturated rings. The first-order valence-corrected chi connectivity index (χ1v) is 9.85. The zero-order valence-electron chi connectivity index (χ0n) is 16.9. The zero-order chi connectivity index (χ0) is 21.1. The summed E-state index contributed by atoms with van der Waals surface area (Å²) < 4.78 is 5.18. The maximum atomic E-state index is 12.4. The number of imide groups is 1. The maximum Gasteiger partial charge on any atom is 0.308 e. The SMILES string of the molecule is Cc1ccc(NC(=O)[C@H](C)OC(=O)CCN2C(=O)[C@H]3CC=CC[C@H]3C2=O)c(C)c1. The Labute approximate surface area is 170 Å². The van der Waals surface area contributed by atoms with Crippen molar-refractivity contribution in [1.29, 1.82) is 0 Å². The van der Waals surface area contributed by atoms with Gasteiger partial charge in [-0.2, -0.15) is 0 Å². The largest absolute Gasteiger partial charge is 0.452 e. The predicted octanol–water partition coefficient (Wildman–Crippen LogP) is 2.51. The van der Waals surface area contributed by atoms with E-state index >= 15 is 0 Å². The van der Waals surface area contributed by atoms with Gasteiger partial charge in [0.1, 0.15) is 0 Å². The van der Waals surface area contributed by atoms with Gasteiger partial charge < -0.3 is 10.1 Å². The van der Waals surface area contributed by atoms with E-state index in [1.54, 1.807) is 6.07 Å². The van der Waals surface area contributed by atoms with Gasteiger partial charge in [0.15, 0.2) is 6.10 Å². The summed E-state index contributed by atoms with van der Waals surface area (Å²) in [6, 6.07) is 5.63. The molecule has 0 unspecified atom stereocenters. The number of benzene rings is 1. The Hall–Kier alpha value is -2.96. The van der Waals surface area contributed by atoms with Crippen LogP contribution in [0.25, 0.3) is 0 Å². The van der Waals surface area contributed by atoms with Gasteiger partial charge in [-0.3, -0.25) is 24.1 Å². The van der Waals surface area contributed by atoms with Crippen molar-refractivity contribution in [3.8, 4) is 0 Å². The number of anilines is 1. The van der Waals surface area contributed by atoms with E-state index in [2.05, 4.69) is 5.32 Å². The lowest BCUT2D eigenvalue weighted by Gasteiger charge is -2.17. The van der Waals surface area contributed by atoms with Gasteiger partial charge >= 0.3 is 5.97 Å². The first-order chi connectivity index (χ1) is 13.8. The topological polar surface area (TPSA) is 92.8 Å². The molecule has 1 heterocycles. The third-order valence-electron chi connectivity index (χ3n) is 5.46. The molecule has 7 heteroatoms. The molecule has 1 aliphatic heterocycles. The van der Waals surface area contributed by atoms with Gasteiger partial charge in [-0.25, -0.2) is 0 Å². The molecule has 1 aromatic rings. The number of aryl methyl sites for hydroxylation is 2. The van der Waals surface area contributed by atoms with Crippen molar-refractivity contribution in [3.05, 3.63) is 41.5 Å². The van der Waals surface area contributed by atoms with E-state index < -0.39 is 18.0 Å². The highest BCUT2D eigenvalue weighted by atomic mass is 16.5. The third kappa shape index (κ3) is 4.55. The van der Waals surface area contributed by atoms with Crippen molar-refractivity contribution in [3.63, 3.8) is 0 Å². The normalized spacial score (nSPS) is 21.7. The monoisotopic (exact) mass is 398 g/mol. The van der Waals surface area contributed by atoms with Crippen LogP contribution < -0.4 is 5.32 Å². The molecule has 0 bridgehead atoms. The molecule has 0 spiro atoms. The van der Waals surface area contributed by atoms with Crippen LogP contribution >= 0.6 is 0 Å². The molecular weight excluding hydrogens is 372 g/mol. The Morgan fingerprint density at radius 3 is 2.34 bits per heavy atom. The minimum atomic E-state index is -0.986. The number of carbonyl (C=O) groups excluding carboxylic acids is 4. The van der Waals surface area contributed by atoms with Crippen molar-refractivity contribution < 1.29 is 23.9 Å². The number of likely N-dealkylation sites (tertiary alicyclic amines) is 1.